The number of hydrogen-bond donors (Lipinski definition) is 0. The molecule has 1 saturated heterocycles. The van der Waals surface area contributed by atoms with Gasteiger partial charge in [-0.25, -0.2) is 0 Å². The van der Waals surface area contributed by atoms with Crippen molar-refractivity contribution < 1.29 is 0 Å². The van der Waals surface area contributed by atoms with Gasteiger partial charge in [0.1, 0.15) is 0 Å². The van der Waals surface area contributed by atoms with Gasteiger partial charge in [0.05, 0.1) is 0 Å². The lowest BCUT2D eigenvalue weighted by atomic mass is 9.54. The highest BCUT2D eigenvalue weighted by Gasteiger charge is 2.52. The van der Waals surface area contributed by atoms with Crippen molar-refractivity contribution in [3.05, 3.63) is 48.0 Å². The molecule has 0 amide bonds. The predicted octanol–water partition coefficient (Wildman–Crippen LogP) is 4.11. The van der Waals surface area contributed by atoms with Crippen LogP contribution in [0.4, 0.5) is 0 Å². The maximum absolute atomic E-state index is 2.71. The topological polar surface area (TPSA) is 3.24 Å². The van der Waals surface area contributed by atoms with Gasteiger partial charge in [0.2, 0.25) is 0 Å². The molecule has 4 aliphatic rings. The summed E-state index contributed by atoms with van der Waals surface area (Å²) >= 11 is 0. The van der Waals surface area contributed by atoms with Crippen LogP contribution in [-0.2, 0) is 6.54 Å². The van der Waals surface area contributed by atoms with E-state index in [2.05, 4.69) is 54.3 Å². The van der Waals surface area contributed by atoms with Crippen molar-refractivity contribution in [2.75, 3.05) is 13.1 Å². The van der Waals surface area contributed by atoms with Crippen LogP contribution in [0.5, 0.6) is 0 Å². The second-order valence-electron chi connectivity index (χ2n) is 7.10. The molecule has 1 heterocycles. The van der Waals surface area contributed by atoms with Crippen LogP contribution < -0.4 is 0 Å². The summed E-state index contributed by atoms with van der Waals surface area (Å²) in [5.74, 6) is 2.71. The molecule has 1 aliphatic heterocycles. The van der Waals surface area contributed by atoms with Crippen LogP contribution in [0.25, 0.3) is 0 Å². The van der Waals surface area contributed by atoms with Crippen LogP contribution in [0, 0.1) is 23.2 Å². The summed E-state index contributed by atoms with van der Waals surface area (Å²) in [7, 11) is 0. The lowest BCUT2D eigenvalue weighted by molar-refractivity contribution is 0.0684. The molecule has 0 aromatic heterocycles. The van der Waals surface area contributed by atoms with Gasteiger partial charge in [-0.1, -0.05) is 49.4 Å². The fraction of sp³-hybridized carbons (Fsp3) is 0.579. The van der Waals surface area contributed by atoms with E-state index in [9.17, 15) is 0 Å². The summed E-state index contributed by atoms with van der Waals surface area (Å²) in [4.78, 5) is 2.71. The molecule has 3 aliphatic carbocycles. The Morgan fingerprint density at radius 2 is 2.05 bits per heavy atom. The number of nitrogens with zero attached hydrogens (tertiary/aromatic N) is 1. The Morgan fingerprint density at radius 3 is 2.75 bits per heavy atom. The zero-order valence-corrected chi connectivity index (χ0v) is 12.5. The first-order valence-electron chi connectivity index (χ1n) is 8.26. The average Bonchev–Trinajstić information content (AvgIpc) is 2.95. The van der Waals surface area contributed by atoms with Gasteiger partial charge in [-0.05, 0) is 48.0 Å². The van der Waals surface area contributed by atoms with Crippen molar-refractivity contribution in [2.24, 2.45) is 23.2 Å². The molecule has 0 spiro atoms. The zero-order valence-electron chi connectivity index (χ0n) is 12.5. The standard InChI is InChI=1S/C19H25N/c1-2-19-10-8-16(9-11-19)17-13-20(14-18(17)19)12-15-6-4-3-5-7-15/h3-8,10,16-18H,2,9,11-14H2,1H3. The normalized spacial score (nSPS) is 39.1. The van der Waals surface area contributed by atoms with Gasteiger partial charge in [-0.2, -0.15) is 0 Å². The Morgan fingerprint density at radius 1 is 1.20 bits per heavy atom. The molecular weight excluding hydrogens is 242 g/mol. The lowest BCUT2D eigenvalue weighted by Gasteiger charge is -2.50. The van der Waals surface area contributed by atoms with Gasteiger partial charge in [0, 0.05) is 19.6 Å². The number of hydrogen-bond acceptors (Lipinski definition) is 1. The highest BCUT2D eigenvalue weighted by Crippen LogP contribution is 2.57. The average molecular weight is 267 g/mol. The van der Waals surface area contributed by atoms with E-state index in [0.717, 1.165) is 24.3 Å². The minimum Gasteiger partial charge on any atom is -0.298 e. The van der Waals surface area contributed by atoms with E-state index >= 15 is 0 Å². The van der Waals surface area contributed by atoms with Crippen LogP contribution in [0.1, 0.15) is 31.7 Å². The third-order valence-corrected chi connectivity index (χ3v) is 6.25. The molecule has 2 fully saturated rings. The van der Waals surface area contributed by atoms with Gasteiger partial charge in [0.25, 0.3) is 0 Å². The second-order valence-corrected chi connectivity index (χ2v) is 7.10. The Balaban J connectivity index is 1.53. The van der Waals surface area contributed by atoms with E-state index in [4.69, 9.17) is 0 Å². The molecule has 0 radical (unpaired) electrons. The quantitative estimate of drug-likeness (QED) is 0.745. The third-order valence-electron chi connectivity index (χ3n) is 6.25. The van der Waals surface area contributed by atoms with Crippen molar-refractivity contribution in [3.63, 3.8) is 0 Å². The number of rotatable bonds is 3. The van der Waals surface area contributed by atoms with Crippen molar-refractivity contribution in [3.8, 4) is 0 Å². The molecule has 20 heavy (non-hydrogen) atoms. The number of fused-ring (bicyclic) bond motifs is 1. The van der Waals surface area contributed by atoms with Crippen LogP contribution in [-0.4, -0.2) is 18.0 Å². The molecule has 1 aromatic carbocycles. The van der Waals surface area contributed by atoms with Crippen LogP contribution in [0.15, 0.2) is 42.5 Å². The number of benzene rings is 1. The van der Waals surface area contributed by atoms with Gasteiger partial charge < -0.3 is 0 Å². The number of allylic oxidation sites excluding steroid dienone is 2. The summed E-state index contributed by atoms with van der Waals surface area (Å²) in [6, 6.07) is 11.0. The van der Waals surface area contributed by atoms with Crippen molar-refractivity contribution in [1.29, 1.82) is 0 Å². The van der Waals surface area contributed by atoms with Crippen molar-refractivity contribution >= 4 is 0 Å². The molecule has 106 valence electrons. The van der Waals surface area contributed by atoms with Crippen molar-refractivity contribution in [2.45, 2.75) is 32.7 Å². The Bertz CT molecular complexity index is 506. The molecule has 2 bridgehead atoms. The first kappa shape index (κ1) is 12.6. The Hall–Kier alpha value is -1.08. The highest BCUT2D eigenvalue weighted by molar-refractivity contribution is 5.20. The van der Waals surface area contributed by atoms with Crippen LogP contribution >= 0.6 is 0 Å². The first-order chi connectivity index (χ1) is 9.81. The smallest absolute Gasteiger partial charge is 0.0233 e. The summed E-state index contributed by atoms with van der Waals surface area (Å²) < 4.78 is 0. The molecular formula is C19H25N. The van der Waals surface area contributed by atoms with Crippen molar-refractivity contribution in [1.82, 2.24) is 4.90 Å². The minimum absolute atomic E-state index is 0.533. The fourth-order valence-electron chi connectivity index (χ4n) is 5.08. The first-order valence-corrected chi connectivity index (χ1v) is 8.26. The minimum atomic E-state index is 0.533. The summed E-state index contributed by atoms with van der Waals surface area (Å²) in [6.07, 6.45) is 9.35. The highest BCUT2D eigenvalue weighted by atomic mass is 15.2. The number of likely N-dealkylation sites (tertiary alicyclic amines) is 1. The van der Waals surface area contributed by atoms with Gasteiger partial charge in [0.15, 0.2) is 0 Å². The second kappa shape index (κ2) is 4.73. The molecule has 5 rings (SSSR count). The third kappa shape index (κ3) is 1.87. The van der Waals surface area contributed by atoms with E-state index in [1.165, 1.54) is 37.9 Å². The Labute approximate surface area is 122 Å². The monoisotopic (exact) mass is 267 g/mol. The van der Waals surface area contributed by atoms with E-state index < -0.39 is 0 Å². The molecule has 1 heteroatoms. The molecule has 4 atom stereocenters. The van der Waals surface area contributed by atoms with Gasteiger partial charge in [-0.15, -0.1) is 0 Å². The SMILES string of the molecule is CCC12C=CC(CC1)C1CN(Cc3ccccc3)CC12. The largest absolute Gasteiger partial charge is 0.298 e. The van der Waals surface area contributed by atoms with Gasteiger partial charge >= 0.3 is 0 Å². The molecule has 1 saturated carbocycles. The maximum Gasteiger partial charge on any atom is 0.0233 e. The van der Waals surface area contributed by atoms with E-state index in [1.54, 1.807) is 0 Å². The van der Waals surface area contributed by atoms with E-state index in [1.807, 2.05) is 0 Å². The van der Waals surface area contributed by atoms with Crippen LogP contribution in [0.2, 0.25) is 0 Å². The molecule has 1 aromatic rings. The maximum atomic E-state index is 2.71. The molecule has 4 unspecified atom stereocenters. The fourth-order valence-corrected chi connectivity index (χ4v) is 5.08. The molecule has 1 nitrogen and oxygen atoms in total. The van der Waals surface area contributed by atoms with E-state index in [-0.39, 0.29) is 0 Å². The zero-order chi connectivity index (χ0) is 13.6. The van der Waals surface area contributed by atoms with Crippen LogP contribution in [0.3, 0.4) is 0 Å². The molecule has 0 N–H and O–H groups in total. The lowest BCUT2D eigenvalue weighted by Crippen LogP contribution is -2.44. The summed E-state index contributed by atoms with van der Waals surface area (Å²) in [5, 5.41) is 0. The van der Waals surface area contributed by atoms with Gasteiger partial charge in [-0.3, -0.25) is 4.90 Å². The van der Waals surface area contributed by atoms with E-state index in [0.29, 0.717) is 5.41 Å². The summed E-state index contributed by atoms with van der Waals surface area (Å²) in [5.41, 5.74) is 2.00. The predicted molar refractivity (Wildman–Crippen MR) is 83.3 cm³/mol. The Kier molecular flexibility index (Phi) is 2.99. The summed E-state index contributed by atoms with van der Waals surface area (Å²) in [6.45, 7) is 6.16.